The van der Waals surface area contributed by atoms with Gasteiger partial charge < -0.3 is 15.0 Å². The van der Waals surface area contributed by atoms with Gasteiger partial charge in [0.15, 0.2) is 0 Å². The highest BCUT2D eigenvalue weighted by molar-refractivity contribution is 7.92. The Hall–Kier alpha value is -4.55. The molecule has 0 heterocycles. The first-order valence-corrected chi connectivity index (χ1v) is 17.4. The van der Waals surface area contributed by atoms with E-state index in [9.17, 15) is 31.2 Å². The van der Waals surface area contributed by atoms with Crippen molar-refractivity contribution >= 4 is 39.1 Å². The molecule has 0 spiro atoms. The molecule has 0 aromatic heterocycles. The molecule has 260 valence electrons. The molecule has 4 aromatic rings. The van der Waals surface area contributed by atoms with Crippen molar-refractivity contribution in [2.24, 2.45) is 0 Å². The predicted octanol–water partition coefficient (Wildman–Crippen LogP) is 7.12. The number of rotatable bonds is 15. The van der Waals surface area contributed by atoms with Gasteiger partial charge in [0.05, 0.1) is 28.3 Å². The van der Waals surface area contributed by atoms with E-state index in [4.69, 9.17) is 16.3 Å². The van der Waals surface area contributed by atoms with E-state index >= 15 is 0 Å². The summed E-state index contributed by atoms with van der Waals surface area (Å²) in [5, 5.41) is 2.26. The van der Waals surface area contributed by atoms with Crippen LogP contribution in [0.2, 0.25) is 5.02 Å². The SMILES string of the molecule is CCCCNC(=O)C(Cc1ccccc1)N(Cc1cccc(OC)c1)C(=O)CN(c1ccc(Cl)c(C(F)(F)F)c1)S(=O)(=O)c1ccccc1. The smallest absolute Gasteiger partial charge is 0.417 e. The van der Waals surface area contributed by atoms with Gasteiger partial charge in [-0.1, -0.05) is 85.6 Å². The summed E-state index contributed by atoms with van der Waals surface area (Å²) in [5.41, 5.74) is -0.376. The number of benzene rings is 4. The molecule has 13 heteroatoms. The quantitative estimate of drug-likeness (QED) is 0.132. The largest absolute Gasteiger partial charge is 0.497 e. The Kier molecular flexibility index (Phi) is 12.7. The average molecular weight is 716 g/mol. The molecule has 4 rings (SSSR count). The topological polar surface area (TPSA) is 96.0 Å². The van der Waals surface area contributed by atoms with Crippen molar-refractivity contribution in [2.75, 3.05) is 24.5 Å². The lowest BCUT2D eigenvalue weighted by atomic mass is 10.0. The molecule has 4 aromatic carbocycles. The molecule has 0 bridgehead atoms. The summed E-state index contributed by atoms with van der Waals surface area (Å²) in [7, 11) is -3.13. The number of halogens is 4. The lowest BCUT2D eigenvalue weighted by Gasteiger charge is -2.34. The Morgan fingerprint density at radius 3 is 2.18 bits per heavy atom. The van der Waals surface area contributed by atoms with Crippen molar-refractivity contribution in [1.82, 2.24) is 10.2 Å². The number of anilines is 1. The zero-order valence-electron chi connectivity index (χ0n) is 27.0. The van der Waals surface area contributed by atoms with Crippen LogP contribution in [0.25, 0.3) is 0 Å². The number of carbonyl (C=O) groups is 2. The Morgan fingerprint density at radius 2 is 1.55 bits per heavy atom. The van der Waals surface area contributed by atoms with E-state index in [0.29, 0.717) is 34.7 Å². The lowest BCUT2D eigenvalue weighted by molar-refractivity contribution is -0.140. The number of ether oxygens (including phenoxy) is 1. The third-order valence-corrected chi connectivity index (χ3v) is 9.86. The summed E-state index contributed by atoms with van der Waals surface area (Å²) in [6.07, 6.45) is -3.33. The van der Waals surface area contributed by atoms with Crippen LogP contribution in [0, 0.1) is 0 Å². The number of alkyl halides is 3. The van der Waals surface area contributed by atoms with Gasteiger partial charge in [-0.3, -0.25) is 13.9 Å². The highest BCUT2D eigenvalue weighted by Gasteiger charge is 2.37. The van der Waals surface area contributed by atoms with Gasteiger partial charge in [-0.15, -0.1) is 0 Å². The lowest BCUT2D eigenvalue weighted by Crippen LogP contribution is -2.53. The van der Waals surface area contributed by atoms with Crippen LogP contribution in [-0.4, -0.2) is 51.4 Å². The zero-order chi connectivity index (χ0) is 35.6. The monoisotopic (exact) mass is 715 g/mol. The fraction of sp³-hybridized carbons (Fsp3) is 0.278. The van der Waals surface area contributed by atoms with Gasteiger partial charge in [0.2, 0.25) is 11.8 Å². The van der Waals surface area contributed by atoms with Gasteiger partial charge in [0, 0.05) is 19.5 Å². The van der Waals surface area contributed by atoms with Crippen LogP contribution in [0.15, 0.2) is 108 Å². The summed E-state index contributed by atoms with van der Waals surface area (Å²) >= 11 is 5.88. The van der Waals surface area contributed by atoms with Crippen molar-refractivity contribution in [3.05, 3.63) is 125 Å². The summed E-state index contributed by atoms with van der Waals surface area (Å²) in [4.78, 5) is 29.4. The maximum absolute atomic E-state index is 14.5. The fourth-order valence-electron chi connectivity index (χ4n) is 5.16. The van der Waals surface area contributed by atoms with Gasteiger partial charge >= 0.3 is 6.18 Å². The first-order chi connectivity index (χ1) is 23.3. The minimum Gasteiger partial charge on any atom is -0.497 e. The van der Waals surface area contributed by atoms with Gasteiger partial charge in [-0.05, 0) is 60.0 Å². The summed E-state index contributed by atoms with van der Waals surface area (Å²) < 4.78 is 76.0. The van der Waals surface area contributed by atoms with Gasteiger partial charge in [-0.25, -0.2) is 8.42 Å². The van der Waals surface area contributed by atoms with Gasteiger partial charge in [-0.2, -0.15) is 13.2 Å². The van der Waals surface area contributed by atoms with Crippen molar-refractivity contribution in [2.45, 2.75) is 49.8 Å². The van der Waals surface area contributed by atoms with Crippen molar-refractivity contribution in [3.8, 4) is 5.75 Å². The predicted molar refractivity (Wildman–Crippen MR) is 183 cm³/mol. The van der Waals surface area contributed by atoms with E-state index < -0.39 is 56.9 Å². The van der Waals surface area contributed by atoms with Crippen LogP contribution in [0.1, 0.15) is 36.5 Å². The van der Waals surface area contributed by atoms with Gasteiger partial charge in [0.25, 0.3) is 10.0 Å². The normalized spacial score (nSPS) is 12.2. The number of sulfonamides is 1. The van der Waals surface area contributed by atoms with Crippen LogP contribution in [0.4, 0.5) is 18.9 Å². The number of amides is 2. The Labute approximate surface area is 289 Å². The molecule has 1 N–H and O–H groups in total. The number of hydrogen-bond donors (Lipinski definition) is 1. The molecule has 49 heavy (non-hydrogen) atoms. The fourth-order valence-corrected chi connectivity index (χ4v) is 6.81. The van der Waals surface area contributed by atoms with E-state index in [2.05, 4.69) is 5.32 Å². The number of carbonyl (C=O) groups excluding carboxylic acids is 2. The molecule has 8 nitrogen and oxygen atoms in total. The first kappa shape index (κ1) is 37.3. The van der Waals surface area contributed by atoms with Crippen molar-refractivity contribution in [3.63, 3.8) is 0 Å². The number of methoxy groups -OCH3 is 1. The number of unbranched alkanes of at least 4 members (excludes halogenated alkanes) is 1. The zero-order valence-corrected chi connectivity index (χ0v) is 28.6. The molecule has 0 aliphatic heterocycles. The highest BCUT2D eigenvalue weighted by atomic mass is 35.5. The molecule has 0 aliphatic carbocycles. The average Bonchev–Trinajstić information content (AvgIpc) is 3.09. The minimum absolute atomic E-state index is 0.0824. The third kappa shape index (κ3) is 9.76. The molecule has 1 atom stereocenters. The van der Waals surface area contributed by atoms with Crippen molar-refractivity contribution < 1.29 is 35.9 Å². The molecule has 0 aliphatic rings. The third-order valence-electron chi connectivity index (χ3n) is 7.74. The minimum atomic E-state index is -4.91. The Bertz CT molecular complexity index is 1830. The van der Waals surface area contributed by atoms with Crippen molar-refractivity contribution in [1.29, 1.82) is 0 Å². The maximum Gasteiger partial charge on any atom is 0.417 e. The molecular weight excluding hydrogens is 679 g/mol. The van der Waals surface area contributed by atoms with Crippen LogP contribution < -0.4 is 14.4 Å². The molecule has 2 amide bonds. The summed E-state index contributed by atoms with van der Waals surface area (Å²) in [6.45, 7) is 1.26. The standard InChI is InChI=1S/C36H37ClF3N3O5S/c1-3-4-20-41-35(45)33(22-26-12-7-5-8-13-26)42(24-27-14-11-15-29(21-27)48-2)34(44)25-43(49(46,47)30-16-9-6-10-17-30)28-18-19-32(37)31(23-28)36(38,39)40/h5-19,21,23,33H,3-4,20,22,24-25H2,1-2H3,(H,41,45). The van der Waals surface area contributed by atoms with E-state index in [-0.39, 0.29) is 17.9 Å². The van der Waals surface area contributed by atoms with E-state index in [1.165, 1.54) is 36.3 Å². The van der Waals surface area contributed by atoms with E-state index in [0.717, 1.165) is 24.1 Å². The van der Waals surface area contributed by atoms with Gasteiger partial charge in [0.1, 0.15) is 18.3 Å². The molecule has 0 saturated heterocycles. The molecular formula is C36H37ClF3N3O5S. The molecule has 0 fully saturated rings. The second kappa shape index (κ2) is 16.7. The first-order valence-electron chi connectivity index (χ1n) is 15.5. The van der Waals surface area contributed by atoms with Crippen LogP contribution in [0.5, 0.6) is 5.75 Å². The second-order valence-corrected chi connectivity index (χ2v) is 13.5. The van der Waals surface area contributed by atoms with Crippen LogP contribution in [-0.2, 0) is 38.8 Å². The highest BCUT2D eigenvalue weighted by Crippen LogP contribution is 2.38. The number of nitrogens with zero attached hydrogens (tertiary/aromatic N) is 2. The Balaban J connectivity index is 1.85. The van der Waals surface area contributed by atoms with E-state index in [1.807, 2.05) is 13.0 Å². The summed E-state index contributed by atoms with van der Waals surface area (Å²) in [5.74, 6) is -0.791. The van der Waals surface area contributed by atoms with Crippen LogP contribution in [0.3, 0.4) is 0 Å². The number of hydrogen-bond acceptors (Lipinski definition) is 5. The molecule has 1 unspecified atom stereocenters. The molecule has 0 saturated carbocycles. The maximum atomic E-state index is 14.5. The summed E-state index contributed by atoms with van der Waals surface area (Å²) in [6, 6.07) is 24.4. The Morgan fingerprint density at radius 1 is 0.898 bits per heavy atom. The van der Waals surface area contributed by atoms with Crippen LogP contribution >= 0.6 is 11.6 Å². The molecule has 0 radical (unpaired) electrons. The second-order valence-electron chi connectivity index (χ2n) is 11.2. The number of nitrogens with one attached hydrogen (secondary N) is 1. The van der Waals surface area contributed by atoms with E-state index in [1.54, 1.807) is 54.6 Å².